The highest BCUT2D eigenvalue weighted by molar-refractivity contribution is 7.90. The molecule has 0 radical (unpaired) electrons. The first kappa shape index (κ1) is 34.4. The molecule has 0 aromatic rings. The fraction of sp³-hybridized carbons (Fsp3) is 0.938. The van der Waals surface area contributed by atoms with Crippen LogP contribution in [0, 0.1) is 0 Å². The summed E-state index contributed by atoms with van der Waals surface area (Å²) >= 11 is 0. The first-order valence-electron chi connectivity index (χ1n) is 9.75. The number of Topliss-reactive ketones (excluding diaryl/α,β-unsaturated/α-hetero) is 1. The quantitative estimate of drug-likeness (QED) is 0.313. The number of alkyl halides is 17. The summed E-state index contributed by atoms with van der Waals surface area (Å²) < 4.78 is 250. The van der Waals surface area contributed by atoms with Crippen LogP contribution < -0.4 is 4.72 Å². The minimum Gasteiger partial charge on any atom is -0.298 e. The Balaban J connectivity index is 3.61. The summed E-state index contributed by atoms with van der Waals surface area (Å²) in [5.74, 6) is -53.2. The average molecular weight is 623 g/mol. The number of carbonyl (C=O) groups excluding carboxylic acids is 1. The van der Waals surface area contributed by atoms with E-state index < -0.39 is 81.7 Å². The molecule has 0 heterocycles. The number of rotatable bonds is 9. The molecule has 1 rings (SSSR count). The lowest BCUT2D eigenvalue weighted by Gasteiger charge is -2.42. The van der Waals surface area contributed by atoms with E-state index >= 15 is 0 Å². The van der Waals surface area contributed by atoms with Gasteiger partial charge in [0.2, 0.25) is 0 Å². The third kappa shape index (κ3) is 4.91. The van der Waals surface area contributed by atoms with Gasteiger partial charge in [0, 0.05) is 6.42 Å². The van der Waals surface area contributed by atoms with Crippen molar-refractivity contribution in [2.45, 2.75) is 91.5 Å². The van der Waals surface area contributed by atoms with Crippen LogP contribution in [0.15, 0.2) is 0 Å². The SMILES string of the molecule is O=C1CCCCCCC1NS(=O)(=O)C(F)(F)C(F)(F)C(F)(F)C(F)(F)C(F)(F)C(F)(F)C(F)(F)C(F)(F)F. The number of halogens is 17. The van der Waals surface area contributed by atoms with Crippen LogP contribution in [-0.4, -0.2) is 67.2 Å². The maximum absolute atomic E-state index is 14.1. The lowest BCUT2D eigenvalue weighted by molar-refractivity contribution is -0.458. The summed E-state index contributed by atoms with van der Waals surface area (Å²) in [5.41, 5.74) is 0. The Kier molecular flexibility index (Phi) is 8.87. The summed E-state index contributed by atoms with van der Waals surface area (Å²) in [4.78, 5) is 11.8. The maximum Gasteiger partial charge on any atom is 0.460 e. The van der Waals surface area contributed by atoms with E-state index in [9.17, 15) is 87.8 Å². The van der Waals surface area contributed by atoms with Gasteiger partial charge in [0.05, 0.1) is 6.04 Å². The van der Waals surface area contributed by atoms with Crippen LogP contribution in [0.5, 0.6) is 0 Å². The molecule has 0 amide bonds. The van der Waals surface area contributed by atoms with Crippen molar-refractivity contribution in [2.24, 2.45) is 0 Å². The van der Waals surface area contributed by atoms with E-state index in [-0.39, 0.29) is 19.3 Å². The normalized spacial score (nSPS) is 20.8. The molecular formula is C16H14F17NO3S. The van der Waals surface area contributed by atoms with Crippen molar-refractivity contribution in [3.8, 4) is 0 Å². The van der Waals surface area contributed by atoms with Gasteiger partial charge in [-0.15, -0.1) is 0 Å². The van der Waals surface area contributed by atoms with Crippen LogP contribution in [0.3, 0.4) is 0 Å². The highest BCUT2D eigenvalue weighted by atomic mass is 32.2. The Labute approximate surface area is 200 Å². The Morgan fingerprint density at radius 2 is 0.921 bits per heavy atom. The van der Waals surface area contributed by atoms with Crippen molar-refractivity contribution >= 4 is 15.8 Å². The molecule has 1 atom stereocenters. The second-order valence-corrected chi connectivity index (χ2v) is 9.81. The predicted octanol–water partition coefficient (Wildman–Crippen LogP) is 6.16. The molecule has 0 bridgehead atoms. The van der Waals surface area contributed by atoms with Crippen LogP contribution >= 0.6 is 0 Å². The fourth-order valence-corrected chi connectivity index (χ4v) is 4.28. The lowest BCUT2D eigenvalue weighted by atomic mass is 9.91. The fourth-order valence-electron chi connectivity index (χ4n) is 3.04. The van der Waals surface area contributed by atoms with Gasteiger partial charge < -0.3 is 0 Å². The van der Waals surface area contributed by atoms with E-state index in [1.54, 1.807) is 0 Å². The molecule has 1 aliphatic carbocycles. The summed E-state index contributed by atoms with van der Waals surface area (Å²) in [7, 11) is -7.48. The van der Waals surface area contributed by atoms with Crippen LogP contribution in [0.25, 0.3) is 0 Å². The molecular weight excluding hydrogens is 609 g/mol. The monoisotopic (exact) mass is 623 g/mol. The molecule has 22 heteroatoms. The van der Waals surface area contributed by atoms with E-state index in [2.05, 4.69) is 0 Å². The highest BCUT2D eigenvalue weighted by Crippen LogP contribution is 2.64. The molecule has 1 fully saturated rings. The Morgan fingerprint density at radius 3 is 1.34 bits per heavy atom. The molecule has 1 saturated carbocycles. The molecule has 0 aliphatic heterocycles. The molecule has 1 aliphatic rings. The van der Waals surface area contributed by atoms with Crippen LogP contribution in [-0.2, 0) is 14.8 Å². The van der Waals surface area contributed by atoms with Crippen molar-refractivity contribution in [3.05, 3.63) is 0 Å². The van der Waals surface area contributed by atoms with E-state index in [1.807, 2.05) is 0 Å². The van der Waals surface area contributed by atoms with E-state index in [0.29, 0.717) is 11.1 Å². The maximum atomic E-state index is 14.1. The predicted molar refractivity (Wildman–Crippen MR) is 89.2 cm³/mol. The van der Waals surface area contributed by atoms with Crippen molar-refractivity contribution in [2.75, 3.05) is 0 Å². The first-order valence-corrected chi connectivity index (χ1v) is 11.2. The highest BCUT2D eigenvalue weighted by Gasteiger charge is 2.96. The molecule has 38 heavy (non-hydrogen) atoms. The summed E-state index contributed by atoms with van der Waals surface area (Å²) in [6.45, 7) is 0. The smallest absolute Gasteiger partial charge is 0.298 e. The van der Waals surface area contributed by atoms with Gasteiger partial charge in [-0.3, -0.25) is 4.79 Å². The van der Waals surface area contributed by atoms with Gasteiger partial charge in [-0.05, 0) is 12.8 Å². The zero-order chi connectivity index (χ0) is 30.6. The van der Waals surface area contributed by atoms with Gasteiger partial charge in [0.1, 0.15) is 0 Å². The van der Waals surface area contributed by atoms with Crippen molar-refractivity contribution in [3.63, 3.8) is 0 Å². The zero-order valence-corrected chi connectivity index (χ0v) is 18.7. The third-order valence-corrected chi connectivity index (χ3v) is 6.91. The minimum absolute atomic E-state index is 0.000237. The van der Waals surface area contributed by atoms with Crippen LogP contribution in [0.4, 0.5) is 74.6 Å². The van der Waals surface area contributed by atoms with Gasteiger partial charge in [-0.2, -0.15) is 79.4 Å². The van der Waals surface area contributed by atoms with Crippen LogP contribution in [0.1, 0.15) is 38.5 Å². The number of hydrogen-bond donors (Lipinski definition) is 1. The van der Waals surface area contributed by atoms with Gasteiger partial charge in [0.25, 0.3) is 10.0 Å². The van der Waals surface area contributed by atoms with Gasteiger partial charge in [-0.25, -0.2) is 8.42 Å². The Bertz CT molecular complexity index is 990. The second-order valence-electron chi connectivity index (χ2n) is 8.05. The Morgan fingerprint density at radius 1 is 0.553 bits per heavy atom. The van der Waals surface area contributed by atoms with Gasteiger partial charge in [-0.1, -0.05) is 19.3 Å². The molecule has 0 aromatic heterocycles. The van der Waals surface area contributed by atoms with Crippen LogP contribution in [0.2, 0.25) is 0 Å². The molecule has 226 valence electrons. The van der Waals surface area contributed by atoms with Crippen molar-refractivity contribution in [1.29, 1.82) is 0 Å². The third-order valence-electron chi connectivity index (χ3n) is 5.38. The van der Waals surface area contributed by atoms with E-state index in [4.69, 9.17) is 0 Å². The summed E-state index contributed by atoms with van der Waals surface area (Å²) in [6, 6.07) is -2.35. The molecule has 0 aromatic carbocycles. The average Bonchev–Trinajstić information content (AvgIpc) is 2.71. The molecule has 0 saturated heterocycles. The number of nitrogens with one attached hydrogen (secondary N) is 1. The van der Waals surface area contributed by atoms with E-state index in [1.165, 1.54) is 0 Å². The zero-order valence-electron chi connectivity index (χ0n) is 17.9. The lowest BCUT2D eigenvalue weighted by Crippen LogP contribution is -2.75. The molecule has 4 nitrogen and oxygen atoms in total. The number of sulfonamides is 1. The Hall–Kier alpha value is -1.61. The van der Waals surface area contributed by atoms with Crippen molar-refractivity contribution < 1.29 is 87.8 Å². The van der Waals surface area contributed by atoms with Gasteiger partial charge >= 0.3 is 47.0 Å². The summed E-state index contributed by atoms with van der Waals surface area (Å²) in [5, 5.41) is -7.67. The number of hydrogen-bond acceptors (Lipinski definition) is 3. The molecule has 1 N–H and O–H groups in total. The summed E-state index contributed by atoms with van der Waals surface area (Å²) in [6.07, 6.45) is -8.83. The molecule has 0 spiro atoms. The first-order chi connectivity index (χ1) is 16.5. The standard InChI is InChI=1S/C16H14F17NO3S/c17-9(18,11(21,22)13(25,26)15(29,30)31)10(19,20)12(23,24)14(27,28)16(32,33)38(36,37)34-7-5-3-1-2-4-6-8(7)35/h7,34H,1-6H2. The second kappa shape index (κ2) is 9.79. The number of carbonyl (C=O) groups is 1. The van der Waals surface area contributed by atoms with Gasteiger partial charge in [0.15, 0.2) is 5.78 Å². The number of ketones is 1. The topological polar surface area (TPSA) is 63.2 Å². The van der Waals surface area contributed by atoms with E-state index in [0.717, 1.165) is 0 Å². The van der Waals surface area contributed by atoms with Crippen molar-refractivity contribution in [1.82, 2.24) is 4.72 Å². The molecule has 1 unspecified atom stereocenters. The minimum atomic E-state index is -8.89. The largest absolute Gasteiger partial charge is 0.460 e.